The number of nitrogens with one attached hydrogen (secondary N) is 2. The van der Waals surface area contributed by atoms with Gasteiger partial charge in [-0.2, -0.15) is 4.98 Å². The molecule has 1 fully saturated rings. The van der Waals surface area contributed by atoms with Gasteiger partial charge in [0.15, 0.2) is 0 Å². The molecule has 2 heterocycles. The maximum Gasteiger partial charge on any atom is 0.573 e. The van der Waals surface area contributed by atoms with Crippen LogP contribution in [0.5, 0.6) is 5.75 Å². The van der Waals surface area contributed by atoms with Crippen LogP contribution in [0.25, 0.3) is 11.3 Å². The summed E-state index contributed by atoms with van der Waals surface area (Å²) in [6.45, 7) is 0.639. The zero-order valence-electron chi connectivity index (χ0n) is 18.1. The van der Waals surface area contributed by atoms with Crippen LogP contribution in [0.1, 0.15) is 37.7 Å². The molecule has 2 aromatic heterocycles. The molecule has 3 aromatic rings. The van der Waals surface area contributed by atoms with Crippen LogP contribution < -0.4 is 15.4 Å². The highest BCUT2D eigenvalue weighted by Crippen LogP contribution is 2.29. The Bertz CT molecular complexity index is 1040. The normalized spacial score (nSPS) is 14.6. The zero-order valence-corrected chi connectivity index (χ0v) is 18.1. The van der Waals surface area contributed by atoms with Crippen molar-refractivity contribution in [2.45, 2.75) is 50.9 Å². The summed E-state index contributed by atoms with van der Waals surface area (Å²) in [6.07, 6.45) is 5.17. The van der Waals surface area contributed by atoms with E-state index in [-0.39, 0.29) is 5.75 Å². The van der Waals surface area contributed by atoms with E-state index in [9.17, 15) is 13.2 Å². The Hall–Kier alpha value is -3.36. The number of aromatic nitrogens is 3. The minimum absolute atomic E-state index is 0.285. The monoisotopic (exact) mass is 457 g/mol. The third kappa shape index (κ3) is 7.06. The van der Waals surface area contributed by atoms with Crippen LogP contribution in [0.15, 0.2) is 54.9 Å². The highest BCUT2D eigenvalue weighted by atomic mass is 19.4. The van der Waals surface area contributed by atoms with E-state index in [1.165, 1.54) is 24.6 Å². The van der Waals surface area contributed by atoms with Crippen LogP contribution in [0.2, 0.25) is 0 Å². The van der Waals surface area contributed by atoms with Gasteiger partial charge in [0.25, 0.3) is 0 Å². The molecule has 9 heteroatoms. The third-order valence-electron chi connectivity index (χ3n) is 5.50. The molecule has 2 N–H and O–H groups in total. The molecule has 0 unspecified atom stereocenters. The topological polar surface area (TPSA) is 72.0 Å². The minimum Gasteiger partial charge on any atom is -0.406 e. The number of hydrogen-bond donors (Lipinski definition) is 2. The molecule has 0 spiro atoms. The molecule has 4 rings (SSSR count). The average Bonchev–Trinajstić information content (AvgIpc) is 2.79. The van der Waals surface area contributed by atoms with Gasteiger partial charge in [-0.15, -0.1) is 13.2 Å². The number of nitrogens with zero attached hydrogens (tertiary/aromatic N) is 3. The van der Waals surface area contributed by atoms with Crippen molar-refractivity contribution in [2.75, 3.05) is 17.2 Å². The number of benzene rings is 1. The van der Waals surface area contributed by atoms with Crippen LogP contribution in [-0.4, -0.2) is 33.9 Å². The summed E-state index contributed by atoms with van der Waals surface area (Å²) in [7, 11) is 0. The third-order valence-corrected chi connectivity index (χ3v) is 5.50. The average molecular weight is 458 g/mol. The van der Waals surface area contributed by atoms with E-state index in [1.54, 1.807) is 24.5 Å². The van der Waals surface area contributed by atoms with E-state index >= 15 is 0 Å². The molecule has 0 radical (unpaired) electrons. The lowest BCUT2D eigenvalue weighted by atomic mass is 9.96. The molecule has 0 saturated heterocycles. The molecule has 0 aliphatic heterocycles. The molecule has 1 saturated carbocycles. The Morgan fingerprint density at radius 2 is 1.76 bits per heavy atom. The molecule has 33 heavy (non-hydrogen) atoms. The van der Waals surface area contributed by atoms with Crippen LogP contribution in [0.4, 0.5) is 24.9 Å². The molecule has 0 amide bonds. The fourth-order valence-electron chi connectivity index (χ4n) is 3.92. The Kier molecular flexibility index (Phi) is 7.26. The molecule has 1 aliphatic rings. The number of pyridine rings is 1. The Morgan fingerprint density at radius 3 is 2.52 bits per heavy atom. The lowest BCUT2D eigenvalue weighted by molar-refractivity contribution is -0.274. The second-order valence-corrected chi connectivity index (χ2v) is 8.05. The van der Waals surface area contributed by atoms with Crippen molar-refractivity contribution in [3.8, 4) is 17.0 Å². The number of rotatable bonds is 8. The molecule has 6 nitrogen and oxygen atoms in total. The quantitative estimate of drug-likeness (QED) is 0.443. The number of ether oxygens (including phenoxy) is 1. The van der Waals surface area contributed by atoms with E-state index in [0.717, 1.165) is 37.7 Å². The summed E-state index contributed by atoms with van der Waals surface area (Å²) in [5, 5.41) is 6.72. The highest BCUT2D eigenvalue weighted by molar-refractivity contribution is 5.66. The Morgan fingerprint density at radius 1 is 0.970 bits per heavy atom. The van der Waals surface area contributed by atoms with Gasteiger partial charge in [-0.1, -0.05) is 31.4 Å². The van der Waals surface area contributed by atoms with Crippen molar-refractivity contribution in [1.29, 1.82) is 0 Å². The second-order valence-electron chi connectivity index (χ2n) is 8.05. The SMILES string of the molecule is FC(F)(F)Oc1cccc(-c2cc(NCCc3ccncc3)nc(NC3CCCCC3)n2)c1. The summed E-state index contributed by atoms with van der Waals surface area (Å²) in [6, 6.07) is 11.8. The smallest absolute Gasteiger partial charge is 0.406 e. The lowest BCUT2D eigenvalue weighted by Crippen LogP contribution is -2.24. The summed E-state index contributed by atoms with van der Waals surface area (Å²) >= 11 is 0. The van der Waals surface area contributed by atoms with Crippen molar-refractivity contribution in [3.05, 3.63) is 60.4 Å². The highest BCUT2D eigenvalue weighted by Gasteiger charge is 2.31. The van der Waals surface area contributed by atoms with E-state index in [4.69, 9.17) is 0 Å². The van der Waals surface area contributed by atoms with Gasteiger partial charge in [0, 0.05) is 36.6 Å². The predicted molar refractivity (Wildman–Crippen MR) is 121 cm³/mol. The Labute approximate surface area is 190 Å². The van der Waals surface area contributed by atoms with Gasteiger partial charge in [0.05, 0.1) is 5.69 Å². The first-order valence-corrected chi connectivity index (χ1v) is 11.1. The van der Waals surface area contributed by atoms with E-state index in [2.05, 4.69) is 30.3 Å². The molecular weight excluding hydrogens is 431 g/mol. The van der Waals surface area contributed by atoms with E-state index < -0.39 is 6.36 Å². The molecular formula is C24H26F3N5O. The lowest BCUT2D eigenvalue weighted by Gasteiger charge is -2.23. The van der Waals surface area contributed by atoms with Gasteiger partial charge in [-0.3, -0.25) is 4.98 Å². The number of halogens is 3. The Balaban J connectivity index is 1.56. The number of anilines is 2. The first-order valence-electron chi connectivity index (χ1n) is 11.1. The fourth-order valence-corrected chi connectivity index (χ4v) is 3.92. The molecule has 0 bridgehead atoms. The molecule has 174 valence electrons. The summed E-state index contributed by atoms with van der Waals surface area (Å²) in [5.41, 5.74) is 2.18. The molecule has 1 aromatic carbocycles. The van der Waals surface area contributed by atoms with Crippen molar-refractivity contribution >= 4 is 11.8 Å². The molecule has 1 aliphatic carbocycles. The van der Waals surface area contributed by atoms with E-state index in [0.29, 0.717) is 35.6 Å². The van der Waals surface area contributed by atoms with Crippen molar-refractivity contribution in [3.63, 3.8) is 0 Å². The van der Waals surface area contributed by atoms with Crippen LogP contribution in [0.3, 0.4) is 0 Å². The fraction of sp³-hybridized carbons (Fsp3) is 0.375. The summed E-state index contributed by atoms with van der Waals surface area (Å²) in [4.78, 5) is 13.2. The second kappa shape index (κ2) is 10.5. The van der Waals surface area contributed by atoms with Gasteiger partial charge < -0.3 is 15.4 Å². The maximum absolute atomic E-state index is 12.7. The van der Waals surface area contributed by atoms with E-state index in [1.807, 2.05) is 12.1 Å². The predicted octanol–water partition coefficient (Wildman–Crippen LogP) is 5.84. The zero-order chi connectivity index (χ0) is 23.1. The van der Waals surface area contributed by atoms with Crippen LogP contribution in [0, 0.1) is 0 Å². The van der Waals surface area contributed by atoms with Crippen molar-refractivity contribution in [2.24, 2.45) is 0 Å². The van der Waals surface area contributed by atoms with Crippen LogP contribution in [-0.2, 0) is 6.42 Å². The van der Waals surface area contributed by atoms with Crippen LogP contribution >= 0.6 is 0 Å². The first kappa shape index (κ1) is 22.8. The van der Waals surface area contributed by atoms with Crippen molar-refractivity contribution in [1.82, 2.24) is 15.0 Å². The van der Waals surface area contributed by atoms with Gasteiger partial charge in [0.2, 0.25) is 5.95 Å². The van der Waals surface area contributed by atoms with Gasteiger partial charge in [-0.25, -0.2) is 4.98 Å². The molecule has 0 atom stereocenters. The minimum atomic E-state index is -4.75. The summed E-state index contributed by atoms with van der Waals surface area (Å²) < 4.78 is 42.1. The maximum atomic E-state index is 12.7. The van der Waals surface area contributed by atoms with Gasteiger partial charge >= 0.3 is 6.36 Å². The first-order chi connectivity index (χ1) is 15.9. The summed E-state index contributed by atoms with van der Waals surface area (Å²) in [5.74, 6) is 0.787. The largest absolute Gasteiger partial charge is 0.573 e. The van der Waals surface area contributed by atoms with Gasteiger partial charge in [0.1, 0.15) is 11.6 Å². The number of alkyl halides is 3. The van der Waals surface area contributed by atoms with Gasteiger partial charge in [-0.05, 0) is 49.1 Å². The van der Waals surface area contributed by atoms with Crippen molar-refractivity contribution < 1.29 is 17.9 Å². The standard InChI is InChI=1S/C24H26F3N5O/c25-24(26,27)33-20-8-4-5-18(15-20)21-16-22(29-14-11-17-9-12-28-13-10-17)32-23(31-21)30-19-6-2-1-3-7-19/h4-5,8-10,12-13,15-16,19H,1-3,6-7,11,14H2,(H2,29,30,31,32). The number of hydrogen-bond acceptors (Lipinski definition) is 6.